The molecule has 0 fully saturated rings. The summed E-state index contributed by atoms with van der Waals surface area (Å²) >= 11 is 1.49. The highest BCUT2D eigenvalue weighted by atomic mass is 32.1. The van der Waals surface area contributed by atoms with Crippen LogP contribution in [0.1, 0.15) is 50.9 Å². The number of carbonyl (C=O) groups excluding carboxylic acids is 1. The maximum Gasteiger partial charge on any atom is 0.315 e. The molecule has 118 valence electrons. The van der Waals surface area contributed by atoms with Crippen molar-refractivity contribution in [2.45, 2.75) is 53.1 Å². The zero-order chi connectivity index (χ0) is 16.2. The highest BCUT2D eigenvalue weighted by Gasteiger charge is 2.28. The second-order valence-corrected chi connectivity index (χ2v) is 7.07. The Labute approximate surface area is 129 Å². The number of thiazole rings is 1. The predicted molar refractivity (Wildman–Crippen MR) is 82.4 cm³/mol. The average Bonchev–Trinajstić information content (AvgIpc) is 2.73. The summed E-state index contributed by atoms with van der Waals surface area (Å²) in [6, 6.07) is -1.04. The highest BCUT2D eigenvalue weighted by Crippen LogP contribution is 2.22. The number of carboxylic acids is 1. The first kappa shape index (κ1) is 17.4. The third-order valence-electron chi connectivity index (χ3n) is 3.08. The number of nitrogens with one attached hydrogen (secondary N) is 2. The SMILES string of the molecule is Cc1csc(C(C)NC(=O)NC(CC(=O)O)C(C)(C)C)n1. The molecular weight excluding hydrogens is 290 g/mol. The standard InChI is InChI=1S/C14H23N3O3S/c1-8-7-21-12(15-8)9(2)16-13(20)17-10(6-11(18)19)14(3,4)5/h7,9-10H,6H2,1-5H3,(H,18,19)(H2,16,17,20). The van der Waals surface area contributed by atoms with Gasteiger partial charge in [0, 0.05) is 17.1 Å². The molecule has 0 saturated heterocycles. The molecule has 0 bridgehead atoms. The number of carboxylic acid groups (broad SMARTS) is 1. The lowest BCUT2D eigenvalue weighted by molar-refractivity contribution is -0.138. The van der Waals surface area contributed by atoms with E-state index >= 15 is 0 Å². The molecule has 0 aliphatic rings. The summed E-state index contributed by atoms with van der Waals surface area (Å²) < 4.78 is 0. The maximum absolute atomic E-state index is 12.0. The van der Waals surface area contributed by atoms with Crippen LogP contribution in [0, 0.1) is 12.3 Å². The minimum absolute atomic E-state index is 0.109. The molecule has 3 N–H and O–H groups in total. The van der Waals surface area contributed by atoms with Crippen molar-refractivity contribution >= 4 is 23.3 Å². The van der Waals surface area contributed by atoms with Crippen molar-refractivity contribution in [1.29, 1.82) is 0 Å². The van der Waals surface area contributed by atoms with Gasteiger partial charge in [-0.3, -0.25) is 4.79 Å². The molecule has 2 unspecified atom stereocenters. The van der Waals surface area contributed by atoms with E-state index in [4.69, 9.17) is 5.11 Å². The van der Waals surface area contributed by atoms with Crippen molar-refractivity contribution in [2.75, 3.05) is 0 Å². The van der Waals surface area contributed by atoms with Gasteiger partial charge >= 0.3 is 12.0 Å². The molecule has 0 aliphatic heterocycles. The fourth-order valence-corrected chi connectivity index (χ4v) is 2.58. The monoisotopic (exact) mass is 313 g/mol. The summed E-state index contributed by atoms with van der Waals surface area (Å²) in [6.45, 7) is 9.44. The van der Waals surface area contributed by atoms with Crippen LogP contribution in [0.2, 0.25) is 0 Å². The van der Waals surface area contributed by atoms with Gasteiger partial charge in [-0.2, -0.15) is 0 Å². The number of hydrogen-bond donors (Lipinski definition) is 3. The van der Waals surface area contributed by atoms with Crippen LogP contribution in [0.4, 0.5) is 4.79 Å². The van der Waals surface area contributed by atoms with Gasteiger partial charge in [-0.05, 0) is 19.3 Å². The Kier molecular flexibility index (Phi) is 5.71. The highest BCUT2D eigenvalue weighted by molar-refractivity contribution is 7.09. The molecule has 7 heteroatoms. The zero-order valence-corrected chi connectivity index (χ0v) is 13.9. The number of carbonyl (C=O) groups is 2. The second-order valence-electron chi connectivity index (χ2n) is 6.18. The number of nitrogens with zero attached hydrogens (tertiary/aromatic N) is 1. The minimum atomic E-state index is -0.932. The summed E-state index contributed by atoms with van der Waals surface area (Å²) in [5, 5.41) is 17.2. The summed E-state index contributed by atoms with van der Waals surface area (Å²) in [6.07, 6.45) is -0.109. The van der Waals surface area contributed by atoms with E-state index in [9.17, 15) is 9.59 Å². The van der Waals surface area contributed by atoms with Gasteiger partial charge in [0.05, 0.1) is 12.5 Å². The van der Waals surface area contributed by atoms with E-state index < -0.39 is 12.0 Å². The van der Waals surface area contributed by atoms with Gasteiger partial charge in [-0.25, -0.2) is 9.78 Å². The lowest BCUT2D eigenvalue weighted by Crippen LogP contribution is -2.49. The Morgan fingerprint density at radius 2 is 2.00 bits per heavy atom. The lowest BCUT2D eigenvalue weighted by Gasteiger charge is -2.30. The van der Waals surface area contributed by atoms with Crippen molar-refractivity contribution < 1.29 is 14.7 Å². The van der Waals surface area contributed by atoms with Gasteiger partial charge in [0.15, 0.2) is 0 Å². The smallest absolute Gasteiger partial charge is 0.315 e. The molecule has 21 heavy (non-hydrogen) atoms. The number of aromatic nitrogens is 1. The number of rotatable bonds is 5. The van der Waals surface area contributed by atoms with E-state index in [0.29, 0.717) is 0 Å². The lowest BCUT2D eigenvalue weighted by atomic mass is 9.85. The van der Waals surface area contributed by atoms with Crippen LogP contribution in [-0.4, -0.2) is 28.1 Å². The third kappa shape index (κ3) is 5.71. The Balaban J connectivity index is 2.63. The number of amides is 2. The summed E-state index contributed by atoms with van der Waals surface area (Å²) in [5.74, 6) is -0.932. The molecule has 1 aromatic heterocycles. The Bertz CT molecular complexity index is 508. The third-order valence-corrected chi connectivity index (χ3v) is 4.23. The fraction of sp³-hybridized carbons (Fsp3) is 0.643. The van der Waals surface area contributed by atoms with Crippen LogP contribution in [0.15, 0.2) is 5.38 Å². The Hall–Kier alpha value is -1.63. The van der Waals surface area contributed by atoms with Crippen LogP contribution in [0.5, 0.6) is 0 Å². The van der Waals surface area contributed by atoms with Gasteiger partial charge in [0.2, 0.25) is 0 Å². The second kappa shape index (κ2) is 6.89. The van der Waals surface area contributed by atoms with E-state index in [0.717, 1.165) is 10.7 Å². The number of urea groups is 1. The van der Waals surface area contributed by atoms with Gasteiger partial charge in [-0.1, -0.05) is 20.8 Å². The van der Waals surface area contributed by atoms with E-state index in [1.165, 1.54) is 11.3 Å². The van der Waals surface area contributed by atoms with E-state index in [-0.39, 0.29) is 23.9 Å². The molecular formula is C14H23N3O3S. The summed E-state index contributed by atoms with van der Waals surface area (Å²) in [5.41, 5.74) is 0.582. The zero-order valence-electron chi connectivity index (χ0n) is 13.1. The van der Waals surface area contributed by atoms with Crippen molar-refractivity contribution in [3.8, 4) is 0 Å². The van der Waals surface area contributed by atoms with Crippen LogP contribution < -0.4 is 10.6 Å². The first-order chi connectivity index (χ1) is 9.59. The first-order valence-electron chi connectivity index (χ1n) is 6.80. The van der Waals surface area contributed by atoms with Crippen LogP contribution in [-0.2, 0) is 4.79 Å². The average molecular weight is 313 g/mol. The molecule has 0 radical (unpaired) electrons. The number of aliphatic carboxylic acids is 1. The normalized spacial score (nSPS) is 14.3. The van der Waals surface area contributed by atoms with Crippen molar-refractivity contribution in [2.24, 2.45) is 5.41 Å². The van der Waals surface area contributed by atoms with Crippen molar-refractivity contribution in [1.82, 2.24) is 15.6 Å². The molecule has 0 aliphatic carbocycles. The van der Waals surface area contributed by atoms with Gasteiger partial charge < -0.3 is 15.7 Å². The quantitative estimate of drug-likeness (QED) is 0.779. The molecule has 1 heterocycles. The minimum Gasteiger partial charge on any atom is -0.481 e. The number of aryl methyl sites for hydroxylation is 1. The Morgan fingerprint density at radius 1 is 1.38 bits per heavy atom. The topological polar surface area (TPSA) is 91.3 Å². The maximum atomic E-state index is 12.0. The van der Waals surface area contributed by atoms with Gasteiger partial charge in [0.1, 0.15) is 5.01 Å². The predicted octanol–water partition coefficient (Wildman–Crippen LogP) is 2.70. The van der Waals surface area contributed by atoms with Gasteiger partial charge in [-0.15, -0.1) is 11.3 Å². The molecule has 2 amide bonds. The molecule has 1 rings (SSSR count). The van der Waals surface area contributed by atoms with Crippen LogP contribution in [0.25, 0.3) is 0 Å². The molecule has 6 nitrogen and oxygen atoms in total. The van der Waals surface area contributed by atoms with E-state index in [2.05, 4.69) is 15.6 Å². The molecule has 0 aromatic carbocycles. The van der Waals surface area contributed by atoms with Crippen LogP contribution in [0.3, 0.4) is 0 Å². The summed E-state index contributed by atoms with van der Waals surface area (Å²) in [4.78, 5) is 27.3. The van der Waals surface area contributed by atoms with Crippen molar-refractivity contribution in [3.05, 3.63) is 16.1 Å². The van der Waals surface area contributed by atoms with E-state index in [1.54, 1.807) is 0 Å². The molecule has 2 atom stereocenters. The number of hydrogen-bond acceptors (Lipinski definition) is 4. The molecule has 1 aromatic rings. The fourth-order valence-electron chi connectivity index (χ4n) is 1.78. The largest absolute Gasteiger partial charge is 0.481 e. The molecule has 0 saturated carbocycles. The van der Waals surface area contributed by atoms with Crippen LogP contribution >= 0.6 is 11.3 Å². The Morgan fingerprint density at radius 3 is 2.43 bits per heavy atom. The summed E-state index contributed by atoms with van der Waals surface area (Å²) in [7, 11) is 0. The van der Waals surface area contributed by atoms with E-state index in [1.807, 2.05) is 40.0 Å². The molecule has 0 spiro atoms. The van der Waals surface area contributed by atoms with Gasteiger partial charge in [0.25, 0.3) is 0 Å². The van der Waals surface area contributed by atoms with Crippen molar-refractivity contribution in [3.63, 3.8) is 0 Å². The first-order valence-corrected chi connectivity index (χ1v) is 7.68.